The van der Waals surface area contributed by atoms with Crippen LogP contribution in [0.25, 0.3) is 10.4 Å². The van der Waals surface area contributed by atoms with Crippen molar-refractivity contribution in [2.45, 2.75) is 63.8 Å². The van der Waals surface area contributed by atoms with Gasteiger partial charge in [-0.2, -0.15) is 0 Å². The van der Waals surface area contributed by atoms with Gasteiger partial charge in [0.1, 0.15) is 0 Å². The van der Waals surface area contributed by atoms with E-state index in [2.05, 4.69) is 15.0 Å². The minimum absolute atomic E-state index is 0.264. The highest BCUT2D eigenvalue weighted by Gasteiger charge is 2.21. The number of rotatable bonds is 6. The summed E-state index contributed by atoms with van der Waals surface area (Å²) in [4.78, 5) is 10.1. The summed E-state index contributed by atoms with van der Waals surface area (Å²) in [6.07, 6.45) is 7.73. The van der Waals surface area contributed by atoms with Crippen molar-refractivity contribution in [3.05, 3.63) is 53.5 Å². The van der Waals surface area contributed by atoms with Crippen molar-refractivity contribution in [2.75, 3.05) is 10.0 Å². The van der Waals surface area contributed by atoms with Crippen molar-refractivity contribution >= 4 is 32.2 Å². The molecule has 1 aliphatic carbocycles. The summed E-state index contributed by atoms with van der Waals surface area (Å²) in [5.74, 6) is 0. The van der Waals surface area contributed by atoms with E-state index < -0.39 is 10.0 Å². The topological polar surface area (TPSA) is 84.0 Å². The standard InChI is InChI=1S/C23H28N4O2S2/c1-15-9-11-18(13-21(15)31(28,29)27-20-12-10-16(2)24-14-20)22-17(3)25-23(30-22)26-19-7-5-4-6-8-19/h9-14,19,27H,4-8H2,1-3H3,(H,25,26). The summed E-state index contributed by atoms with van der Waals surface area (Å²) in [6, 6.07) is 9.54. The van der Waals surface area contributed by atoms with Crippen LogP contribution in [0.3, 0.4) is 0 Å². The molecule has 0 radical (unpaired) electrons. The van der Waals surface area contributed by atoms with Crippen LogP contribution in [0.15, 0.2) is 41.4 Å². The lowest BCUT2D eigenvalue weighted by Gasteiger charge is -2.22. The van der Waals surface area contributed by atoms with Gasteiger partial charge in [0, 0.05) is 11.7 Å². The van der Waals surface area contributed by atoms with Crippen LogP contribution in [0.1, 0.15) is 49.1 Å². The van der Waals surface area contributed by atoms with Crippen LogP contribution in [0.4, 0.5) is 10.8 Å². The molecule has 1 aliphatic rings. The summed E-state index contributed by atoms with van der Waals surface area (Å²) in [5.41, 5.74) is 3.74. The highest BCUT2D eigenvalue weighted by molar-refractivity contribution is 7.92. The van der Waals surface area contributed by atoms with E-state index in [0.29, 0.717) is 17.3 Å². The van der Waals surface area contributed by atoms with Crippen LogP contribution in [-0.2, 0) is 10.0 Å². The summed E-state index contributed by atoms with van der Waals surface area (Å²) in [5, 5.41) is 4.49. The lowest BCUT2D eigenvalue weighted by molar-refractivity contribution is 0.462. The summed E-state index contributed by atoms with van der Waals surface area (Å²) >= 11 is 1.59. The summed E-state index contributed by atoms with van der Waals surface area (Å²) in [6.45, 7) is 5.64. The van der Waals surface area contributed by atoms with E-state index >= 15 is 0 Å². The van der Waals surface area contributed by atoms with E-state index in [4.69, 9.17) is 4.98 Å². The van der Waals surface area contributed by atoms with Crippen molar-refractivity contribution < 1.29 is 8.42 Å². The van der Waals surface area contributed by atoms with E-state index in [0.717, 1.165) is 27.0 Å². The molecule has 3 aromatic rings. The largest absolute Gasteiger partial charge is 0.359 e. The molecule has 1 aromatic carbocycles. The van der Waals surface area contributed by atoms with Crippen LogP contribution in [-0.4, -0.2) is 24.4 Å². The van der Waals surface area contributed by atoms with Gasteiger partial charge >= 0.3 is 0 Å². The maximum atomic E-state index is 13.1. The number of benzene rings is 1. The Morgan fingerprint density at radius 3 is 2.52 bits per heavy atom. The third-order valence-corrected chi connectivity index (χ3v) is 8.29. The first-order chi connectivity index (χ1) is 14.8. The van der Waals surface area contributed by atoms with Crippen LogP contribution in [0.2, 0.25) is 0 Å². The molecule has 8 heteroatoms. The van der Waals surface area contributed by atoms with Crippen molar-refractivity contribution in [3.63, 3.8) is 0 Å². The lowest BCUT2D eigenvalue weighted by Crippen LogP contribution is -2.21. The van der Waals surface area contributed by atoms with Crippen LogP contribution in [0, 0.1) is 20.8 Å². The van der Waals surface area contributed by atoms with Gasteiger partial charge in [0.05, 0.1) is 27.4 Å². The Balaban J connectivity index is 1.61. The molecule has 0 amide bonds. The molecule has 0 spiro atoms. The predicted octanol–water partition coefficient (Wildman–Crippen LogP) is 5.68. The number of nitrogens with zero attached hydrogens (tertiary/aromatic N) is 2. The minimum Gasteiger partial charge on any atom is -0.359 e. The van der Waals surface area contributed by atoms with Gasteiger partial charge in [-0.3, -0.25) is 9.71 Å². The fourth-order valence-corrected chi connectivity index (χ4v) is 6.27. The summed E-state index contributed by atoms with van der Waals surface area (Å²) in [7, 11) is -3.74. The van der Waals surface area contributed by atoms with Gasteiger partial charge in [0.2, 0.25) is 0 Å². The molecule has 0 aliphatic heterocycles. The van der Waals surface area contributed by atoms with E-state index in [9.17, 15) is 8.42 Å². The zero-order valence-electron chi connectivity index (χ0n) is 18.1. The number of hydrogen-bond acceptors (Lipinski definition) is 6. The molecule has 2 N–H and O–H groups in total. The smallest absolute Gasteiger partial charge is 0.262 e. The van der Waals surface area contributed by atoms with Crippen molar-refractivity contribution in [1.82, 2.24) is 9.97 Å². The van der Waals surface area contributed by atoms with E-state index in [1.807, 2.05) is 26.0 Å². The van der Waals surface area contributed by atoms with Gasteiger partial charge in [-0.15, -0.1) is 0 Å². The molecule has 31 heavy (non-hydrogen) atoms. The number of pyridine rings is 1. The first-order valence-electron chi connectivity index (χ1n) is 10.6. The Kier molecular flexibility index (Phi) is 6.29. The van der Waals surface area contributed by atoms with Gasteiger partial charge in [0.25, 0.3) is 10.0 Å². The Morgan fingerprint density at radius 1 is 1.03 bits per heavy atom. The second-order valence-corrected chi connectivity index (χ2v) is 10.8. The lowest BCUT2D eigenvalue weighted by atomic mass is 9.96. The molecule has 0 saturated heterocycles. The van der Waals surface area contributed by atoms with Gasteiger partial charge in [-0.25, -0.2) is 13.4 Å². The molecule has 2 heterocycles. The Labute approximate surface area is 188 Å². The number of anilines is 2. The van der Waals surface area contributed by atoms with Gasteiger partial charge in [-0.05, 0) is 62.9 Å². The van der Waals surface area contributed by atoms with E-state index in [1.165, 1.54) is 38.3 Å². The molecule has 6 nitrogen and oxygen atoms in total. The zero-order chi connectivity index (χ0) is 22.0. The third-order valence-electron chi connectivity index (χ3n) is 5.63. The molecule has 164 valence electrons. The summed E-state index contributed by atoms with van der Waals surface area (Å²) < 4.78 is 28.8. The fraction of sp³-hybridized carbons (Fsp3) is 0.391. The minimum atomic E-state index is -3.74. The van der Waals surface area contributed by atoms with Crippen molar-refractivity contribution in [3.8, 4) is 10.4 Å². The Morgan fingerprint density at radius 2 is 1.81 bits per heavy atom. The fourth-order valence-electron chi connectivity index (χ4n) is 3.92. The average molecular weight is 457 g/mol. The normalized spacial score (nSPS) is 15.1. The number of nitrogens with one attached hydrogen (secondary N) is 2. The zero-order valence-corrected chi connectivity index (χ0v) is 19.7. The number of hydrogen-bond donors (Lipinski definition) is 2. The first-order valence-corrected chi connectivity index (χ1v) is 12.9. The molecule has 2 aromatic heterocycles. The monoisotopic (exact) mass is 456 g/mol. The van der Waals surface area contributed by atoms with Gasteiger partial charge < -0.3 is 5.32 Å². The van der Waals surface area contributed by atoms with Crippen molar-refractivity contribution in [1.29, 1.82) is 0 Å². The van der Waals surface area contributed by atoms with Gasteiger partial charge in [-0.1, -0.05) is 42.7 Å². The molecule has 1 saturated carbocycles. The quantitative estimate of drug-likeness (QED) is 0.499. The molecule has 4 rings (SSSR count). The predicted molar refractivity (Wildman–Crippen MR) is 127 cm³/mol. The SMILES string of the molecule is Cc1ccc(NS(=O)(=O)c2cc(-c3sc(NC4CCCCC4)nc3C)ccc2C)cn1. The van der Waals surface area contributed by atoms with E-state index in [1.54, 1.807) is 36.5 Å². The van der Waals surface area contributed by atoms with Crippen LogP contribution in [0.5, 0.6) is 0 Å². The molecule has 0 atom stereocenters. The molecule has 1 fully saturated rings. The highest BCUT2D eigenvalue weighted by Crippen LogP contribution is 2.36. The third kappa shape index (κ3) is 5.07. The van der Waals surface area contributed by atoms with E-state index in [-0.39, 0.29) is 4.90 Å². The number of aryl methyl sites for hydroxylation is 3. The maximum Gasteiger partial charge on any atom is 0.262 e. The second-order valence-electron chi connectivity index (χ2n) is 8.19. The van der Waals surface area contributed by atoms with Crippen LogP contribution < -0.4 is 10.0 Å². The Hall–Kier alpha value is -2.45. The number of thiazole rings is 1. The second kappa shape index (κ2) is 8.96. The van der Waals surface area contributed by atoms with Crippen LogP contribution >= 0.6 is 11.3 Å². The number of aromatic nitrogens is 2. The maximum absolute atomic E-state index is 13.1. The molecule has 0 bridgehead atoms. The Bertz CT molecular complexity index is 1160. The van der Waals surface area contributed by atoms with Crippen molar-refractivity contribution in [2.24, 2.45) is 0 Å². The highest BCUT2D eigenvalue weighted by atomic mass is 32.2. The average Bonchev–Trinajstić information content (AvgIpc) is 3.10. The first kappa shape index (κ1) is 21.8. The number of sulfonamides is 1. The van der Waals surface area contributed by atoms with Gasteiger partial charge in [0.15, 0.2) is 5.13 Å². The molecule has 0 unspecified atom stereocenters. The molecular formula is C23H28N4O2S2. The molecular weight excluding hydrogens is 428 g/mol.